The highest BCUT2D eigenvalue weighted by Gasteiger charge is 2.30. The fourth-order valence-corrected chi connectivity index (χ4v) is 3.99. The quantitative estimate of drug-likeness (QED) is 0.709. The molecule has 1 saturated heterocycles. The van der Waals surface area contributed by atoms with Crippen LogP contribution in [0.25, 0.3) is 11.0 Å². The van der Waals surface area contributed by atoms with Crippen molar-refractivity contribution in [3.05, 3.63) is 47.9 Å². The molecule has 0 spiro atoms. The van der Waals surface area contributed by atoms with Crippen molar-refractivity contribution in [3.8, 4) is 11.6 Å². The van der Waals surface area contributed by atoms with E-state index in [0.717, 1.165) is 36.2 Å². The molecule has 1 amide bonds. The number of hydrogen-bond donors (Lipinski definition) is 2. The Morgan fingerprint density at radius 2 is 2.14 bits per heavy atom. The number of pyridine rings is 1. The van der Waals surface area contributed by atoms with Gasteiger partial charge in [0.1, 0.15) is 19.0 Å². The van der Waals surface area contributed by atoms with Gasteiger partial charge < -0.3 is 19.8 Å². The maximum Gasteiger partial charge on any atom is 0.257 e. The summed E-state index contributed by atoms with van der Waals surface area (Å²) in [5.41, 5.74) is 2.47. The molecule has 8 heteroatoms. The highest BCUT2D eigenvalue weighted by atomic mass is 16.6. The summed E-state index contributed by atoms with van der Waals surface area (Å²) in [6.07, 6.45) is 3.21. The molecule has 0 bridgehead atoms. The first-order valence-electron chi connectivity index (χ1n) is 9.89. The number of hydrogen-bond acceptors (Lipinski definition) is 6. The lowest BCUT2D eigenvalue weighted by Crippen LogP contribution is -2.45. The van der Waals surface area contributed by atoms with Crippen LogP contribution in [0, 0.1) is 0 Å². The van der Waals surface area contributed by atoms with Crippen molar-refractivity contribution in [2.24, 2.45) is 0 Å². The molecule has 1 fully saturated rings. The Hall–Kier alpha value is -3.13. The largest absolute Gasteiger partial charge is 0.484 e. The predicted molar refractivity (Wildman–Crippen MR) is 107 cm³/mol. The van der Waals surface area contributed by atoms with Crippen LogP contribution in [-0.2, 0) is 0 Å². The summed E-state index contributed by atoms with van der Waals surface area (Å²) < 4.78 is 11.0. The maximum atomic E-state index is 12.8. The minimum atomic E-state index is -0.146. The molecule has 1 aromatic carbocycles. The van der Waals surface area contributed by atoms with Gasteiger partial charge in [0.15, 0.2) is 5.75 Å². The number of fused-ring (bicyclic) bond motifs is 2. The fraction of sp³-hybridized carbons (Fsp3) is 0.381. The molecule has 0 saturated carbocycles. The first-order valence-corrected chi connectivity index (χ1v) is 9.89. The van der Waals surface area contributed by atoms with E-state index in [1.807, 2.05) is 24.3 Å². The average Bonchev–Trinajstić information content (AvgIpc) is 3.18. The van der Waals surface area contributed by atoms with Crippen molar-refractivity contribution >= 4 is 16.9 Å². The normalized spacial score (nSPS) is 21.8. The fourth-order valence-electron chi connectivity index (χ4n) is 3.99. The monoisotopic (exact) mass is 393 g/mol. The number of imidazole rings is 1. The van der Waals surface area contributed by atoms with E-state index in [9.17, 15) is 4.79 Å². The van der Waals surface area contributed by atoms with Crippen molar-refractivity contribution in [3.63, 3.8) is 0 Å². The molecule has 4 heterocycles. The SMILES string of the molecule is CN1CCC(NC(=O)c2cnc3c(c2)OCCO3)CC1c1nc2ccccc2[nH]1. The van der Waals surface area contributed by atoms with E-state index in [-0.39, 0.29) is 18.0 Å². The number of carbonyl (C=O) groups excluding carboxylic acids is 1. The Labute approximate surface area is 168 Å². The van der Waals surface area contributed by atoms with Crippen molar-refractivity contribution < 1.29 is 14.3 Å². The molecule has 2 unspecified atom stereocenters. The van der Waals surface area contributed by atoms with E-state index >= 15 is 0 Å². The second kappa shape index (κ2) is 7.36. The number of piperidine rings is 1. The van der Waals surface area contributed by atoms with Crippen LogP contribution in [0.15, 0.2) is 36.5 Å². The molecule has 2 aromatic heterocycles. The first kappa shape index (κ1) is 17.9. The molecule has 150 valence electrons. The van der Waals surface area contributed by atoms with Gasteiger partial charge in [0.05, 0.1) is 22.6 Å². The van der Waals surface area contributed by atoms with Crippen LogP contribution >= 0.6 is 0 Å². The second-order valence-corrected chi connectivity index (χ2v) is 7.55. The summed E-state index contributed by atoms with van der Waals surface area (Å²) in [6, 6.07) is 9.91. The molecule has 8 nitrogen and oxygen atoms in total. The number of benzene rings is 1. The highest BCUT2D eigenvalue weighted by molar-refractivity contribution is 5.94. The number of likely N-dealkylation sites (tertiary alicyclic amines) is 1. The molecule has 2 N–H and O–H groups in total. The number of nitrogens with one attached hydrogen (secondary N) is 2. The summed E-state index contributed by atoms with van der Waals surface area (Å²) >= 11 is 0. The number of nitrogens with zero attached hydrogens (tertiary/aromatic N) is 3. The number of aromatic nitrogens is 3. The van der Waals surface area contributed by atoms with E-state index in [1.54, 1.807) is 6.07 Å². The molecular formula is C21H23N5O3. The van der Waals surface area contributed by atoms with E-state index < -0.39 is 0 Å². The predicted octanol–water partition coefficient (Wildman–Crippen LogP) is 2.29. The van der Waals surface area contributed by atoms with Crippen molar-refractivity contribution in [2.75, 3.05) is 26.8 Å². The molecule has 2 atom stereocenters. The maximum absolute atomic E-state index is 12.8. The van der Waals surface area contributed by atoms with Gasteiger partial charge in [-0.05, 0) is 32.0 Å². The Kier molecular flexibility index (Phi) is 4.55. The number of aromatic amines is 1. The minimum Gasteiger partial charge on any atom is -0.484 e. The van der Waals surface area contributed by atoms with Crippen LogP contribution in [0.5, 0.6) is 11.6 Å². The zero-order chi connectivity index (χ0) is 19.8. The lowest BCUT2D eigenvalue weighted by molar-refractivity contribution is 0.0882. The highest BCUT2D eigenvalue weighted by Crippen LogP contribution is 2.30. The summed E-state index contributed by atoms with van der Waals surface area (Å²) in [5.74, 6) is 1.76. The Morgan fingerprint density at radius 3 is 3.03 bits per heavy atom. The van der Waals surface area contributed by atoms with Crippen molar-refractivity contribution in [2.45, 2.75) is 24.9 Å². The molecule has 0 radical (unpaired) electrons. The van der Waals surface area contributed by atoms with Crippen LogP contribution < -0.4 is 14.8 Å². The van der Waals surface area contributed by atoms with Gasteiger partial charge in [-0.1, -0.05) is 12.1 Å². The minimum absolute atomic E-state index is 0.0603. The third-order valence-electron chi connectivity index (χ3n) is 5.59. The number of H-pyrrole nitrogens is 1. The van der Waals surface area contributed by atoms with E-state index in [2.05, 4.69) is 27.2 Å². The zero-order valence-electron chi connectivity index (χ0n) is 16.2. The smallest absolute Gasteiger partial charge is 0.257 e. The molecule has 0 aliphatic carbocycles. The Bertz CT molecular complexity index is 1020. The van der Waals surface area contributed by atoms with Crippen LogP contribution in [0.4, 0.5) is 0 Å². The van der Waals surface area contributed by atoms with Crippen LogP contribution in [0.3, 0.4) is 0 Å². The average molecular weight is 393 g/mol. The van der Waals surface area contributed by atoms with Gasteiger partial charge in [0.25, 0.3) is 11.8 Å². The summed E-state index contributed by atoms with van der Waals surface area (Å²) in [5, 5.41) is 3.15. The molecule has 5 rings (SSSR count). The van der Waals surface area contributed by atoms with Gasteiger partial charge in [-0.15, -0.1) is 0 Å². The third kappa shape index (κ3) is 3.51. The number of para-hydroxylation sites is 2. The number of carbonyl (C=O) groups is 1. The van der Waals surface area contributed by atoms with Crippen molar-refractivity contribution in [1.29, 1.82) is 0 Å². The molecule has 3 aromatic rings. The summed E-state index contributed by atoms with van der Waals surface area (Å²) in [7, 11) is 2.10. The molecule has 2 aliphatic rings. The van der Waals surface area contributed by atoms with Crippen LogP contribution in [0.1, 0.15) is 35.1 Å². The van der Waals surface area contributed by atoms with Gasteiger partial charge in [-0.25, -0.2) is 9.97 Å². The zero-order valence-corrected chi connectivity index (χ0v) is 16.2. The lowest BCUT2D eigenvalue weighted by Gasteiger charge is -2.36. The van der Waals surface area contributed by atoms with E-state index in [4.69, 9.17) is 14.5 Å². The molecule has 2 aliphatic heterocycles. The van der Waals surface area contributed by atoms with Crippen molar-refractivity contribution in [1.82, 2.24) is 25.2 Å². The molecular weight excluding hydrogens is 370 g/mol. The standard InChI is InChI=1S/C21H23N5O3/c1-26-7-6-14(11-17(26)19-24-15-4-2-3-5-16(15)25-19)23-20(27)13-10-18-21(22-12-13)29-9-8-28-18/h2-5,10,12,14,17H,6-9,11H2,1H3,(H,23,27)(H,24,25). The van der Waals surface area contributed by atoms with Gasteiger partial charge >= 0.3 is 0 Å². The van der Waals surface area contributed by atoms with E-state index in [0.29, 0.717) is 30.4 Å². The number of rotatable bonds is 3. The summed E-state index contributed by atoms with van der Waals surface area (Å²) in [6.45, 7) is 1.82. The van der Waals surface area contributed by atoms with E-state index in [1.165, 1.54) is 6.20 Å². The number of amides is 1. The second-order valence-electron chi connectivity index (χ2n) is 7.55. The molecule has 29 heavy (non-hydrogen) atoms. The topological polar surface area (TPSA) is 92.4 Å². The lowest BCUT2D eigenvalue weighted by atomic mass is 9.97. The number of ether oxygens (including phenoxy) is 2. The van der Waals surface area contributed by atoms with Crippen LogP contribution in [0.2, 0.25) is 0 Å². The van der Waals surface area contributed by atoms with Gasteiger partial charge in [-0.2, -0.15) is 0 Å². The summed E-state index contributed by atoms with van der Waals surface area (Å²) in [4.78, 5) is 27.5. The Balaban J connectivity index is 1.30. The van der Waals surface area contributed by atoms with Gasteiger partial charge in [0.2, 0.25) is 0 Å². The van der Waals surface area contributed by atoms with Gasteiger partial charge in [0, 0.05) is 24.8 Å². The third-order valence-corrected chi connectivity index (χ3v) is 5.59. The van der Waals surface area contributed by atoms with Gasteiger partial charge in [-0.3, -0.25) is 9.69 Å². The Morgan fingerprint density at radius 1 is 1.28 bits per heavy atom. The first-order chi connectivity index (χ1) is 14.2. The van der Waals surface area contributed by atoms with Crippen LogP contribution in [-0.4, -0.2) is 58.6 Å².